The van der Waals surface area contributed by atoms with Gasteiger partial charge in [0.25, 0.3) is 0 Å². The second-order valence-corrected chi connectivity index (χ2v) is 7.11. The van der Waals surface area contributed by atoms with Crippen molar-refractivity contribution in [1.82, 2.24) is 0 Å². The molecule has 0 amide bonds. The quantitative estimate of drug-likeness (QED) is 0.527. The number of hydrogen-bond donors (Lipinski definition) is 0. The Kier molecular flexibility index (Phi) is 5.65. The number of carbonyl (C=O) groups excluding carboxylic acids is 2. The molecule has 0 saturated carbocycles. The summed E-state index contributed by atoms with van der Waals surface area (Å²) in [6.07, 6.45) is -10.8. The molecule has 0 saturated heterocycles. The Labute approximate surface area is 127 Å². The van der Waals surface area contributed by atoms with E-state index in [0.29, 0.717) is 5.56 Å². The van der Waals surface area contributed by atoms with Gasteiger partial charge in [-0.05, 0) is 0 Å². The molecule has 0 aliphatic carbocycles. The van der Waals surface area contributed by atoms with Gasteiger partial charge in [-0.2, -0.15) is 0 Å². The van der Waals surface area contributed by atoms with E-state index in [0.717, 1.165) is 6.07 Å². The number of hydrogen-bond acceptors (Lipinski definition) is 4. The van der Waals surface area contributed by atoms with Crippen LogP contribution in [0.3, 0.4) is 0 Å². The Morgan fingerprint density at radius 3 is 1.77 bits per heavy atom. The standard InChI is InChI=1S/C11H7F6IO4/c1-6-3-2-4-7(5-6)18(21-8(19)10(12,13)14)22-9(20)11(15,16)17/h2-5H,1H3. The molecule has 0 N–H and O–H groups in total. The first kappa shape index (κ1) is 18.5. The molecule has 0 fully saturated rings. The van der Waals surface area contributed by atoms with Crippen LogP contribution in [0, 0.1) is 10.5 Å². The van der Waals surface area contributed by atoms with Gasteiger partial charge in [-0.3, -0.25) is 0 Å². The Morgan fingerprint density at radius 2 is 1.41 bits per heavy atom. The summed E-state index contributed by atoms with van der Waals surface area (Å²) < 4.78 is 80.7. The number of alkyl halides is 6. The van der Waals surface area contributed by atoms with Gasteiger partial charge in [-0.1, -0.05) is 0 Å². The van der Waals surface area contributed by atoms with Crippen molar-refractivity contribution < 1.29 is 42.1 Å². The summed E-state index contributed by atoms with van der Waals surface area (Å²) >= 11 is -4.28. The van der Waals surface area contributed by atoms with Gasteiger partial charge >= 0.3 is 127 Å². The van der Waals surface area contributed by atoms with Gasteiger partial charge < -0.3 is 0 Å². The van der Waals surface area contributed by atoms with Gasteiger partial charge in [-0.15, -0.1) is 0 Å². The topological polar surface area (TPSA) is 52.6 Å². The molecular formula is C11H7F6IO4. The molecule has 0 spiro atoms. The van der Waals surface area contributed by atoms with E-state index >= 15 is 0 Å². The van der Waals surface area contributed by atoms with Crippen LogP contribution in [0.25, 0.3) is 0 Å². The molecule has 0 bridgehead atoms. The first-order valence-electron chi connectivity index (χ1n) is 5.27. The minimum atomic E-state index is -5.41. The predicted octanol–water partition coefficient (Wildman–Crippen LogP) is 3.71. The van der Waals surface area contributed by atoms with Crippen molar-refractivity contribution in [2.75, 3.05) is 0 Å². The van der Waals surface area contributed by atoms with Crippen molar-refractivity contribution in [2.45, 2.75) is 19.3 Å². The molecule has 4 nitrogen and oxygen atoms in total. The van der Waals surface area contributed by atoms with Crippen molar-refractivity contribution in [2.24, 2.45) is 0 Å². The Bertz CT molecular complexity index is 540. The SMILES string of the molecule is Cc1cccc(I(OC(=O)C(F)(F)F)OC(=O)C(F)(F)F)c1. The van der Waals surface area contributed by atoms with E-state index in [9.17, 15) is 35.9 Å². The van der Waals surface area contributed by atoms with Gasteiger partial charge in [0.1, 0.15) is 0 Å². The average molecular weight is 444 g/mol. The molecule has 0 atom stereocenters. The first-order valence-corrected chi connectivity index (χ1v) is 8.11. The van der Waals surface area contributed by atoms with E-state index < -0.39 is 44.9 Å². The van der Waals surface area contributed by atoms with Crippen LogP contribution in [0.15, 0.2) is 24.3 Å². The number of carbonyl (C=O) groups is 2. The van der Waals surface area contributed by atoms with E-state index in [1.54, 1.807) is 0 Å². The molecule has 124 valence electrons. The summed E-state index contributed by atoms with van der Waals surface area (Å²) in [5.74, 6) is -5.43. The zero-order valence-electron chi connectivity index (χ0n) is 10.6. The summed E-state index contributed by atoms with van der Waals surface area (Å²) in [6, 6.07) is 5.12. The zero-order chi connectivity index (χ0) is 17.1. The van der Waals surface area contributed by atoms with Crippen LogP contribution in [0.2, 0.25) is 0 Å². The molecule has 1 rings (SSSR count). The molecule has 0 aliphatic rings. The molecule has 0 heterocycles. The van der Waals surface area contributed by atoms with Crippen molar-refractivity contribution in [1.29, 1.82) is 0 Å². The Balaban J connectivity index is 3.05. The van der Waals surface area contributed by atoms with Gasteiger partial charge in [0.15, 0.2) is 0 Å². The maximum atomic E-state index is 12.2. The molecule has 0 unspecified atom stereocenters. The Morgan fingerprint density at radius 1 is 0.955 bits per heavy atom. The summed E-state index contributed by atoms with van der Waals surface area (Å²) in [5, 5.41) is 0. The molecule has 0 aromatic heterocycles. The summed E-state index contributed by atoms with van der Waals surface area (Å²) in [5.41, 5.74) is 0.478. The third kappa shape index (κ3) is 5.35. The second-order valence-electron chi connectivity index (χ2n) is 3.74. The van der Waals surface area contributed by atoms with E-state index in [1.807, 2.05) is 0 Å². The van der Waals surface area contributed by atoms with Crippen molar-refractivity contribution in [3.8, 4) is 0 Å². The van der Waals surface area contributed by atoms with Gasteiger partial charge in [0.05, 0.1) is 0 Å². The summed E-state index contributed by atoms with van der Waals surface area (Å²) in [7, 11) is 0. The number of benzene rings is 1. The van der Waals surface area contributed by atoms with Crippen LogP contribution in [-0.4, -0.2) is 24.3 Å². The molecule has 0 radical (unpaired) electrons. The van der Waals surface area contributed by atoms with Crippen LogP contribution >= 0.6 is 20.6 Å². The molecular weight excluding hydrogens is 437 g/mol. The normalized spacial score (nSPS) is 12.6. The van der Waals surface area contributed by atoms with Crippen LogP contribution in [0.5, 0.6) is 0 Å². The molecule has 11 heteroatoms. The van der Waals surface area contributed by atoms with Gasteiger partial charge in [0.2, 0.25) is 0 Å². The monoisotopic (exact) mass is 444 g/mol. The fourth-order valence-corrected chi connectivity index (χ4v) is 4.09. The van der Waals surface area contributed by atoms with Crippen LogP contribution < -0.4 is 0 Å². The molecule has 0 aliphatic heterocycles. The van der Waals surface area contributed by atoms with E-state index in [4.69, 9.17) is 0 Å². The van der Waals surface area contributed by atoms with Gasteiger partial charge in [0, 0.05) is 0 Å². The van der Waals surface area contributed by atoms with Crippen LogP contribution in [0.1, 0.15) is 5.56 Å². The fraction of sp³-hybridized carbons (Fsp3) is 0.273. The Hall–Kier alpha value is -1.53. The number of aryl methyl sites for hydroxylation is 1. The third-order valence-electron chi connectivity index (χ3n) is 1.90. The minimum absolute atomic E-state index is 0.195. The van der Waals surface area contributed by atoms with E-state index in [-0.39, 0.29) is 3.57 Å². The maximum absolute atomic E-state index is 12.2. The van der Waals surface area contributed by atoms with Crippen molar-refractivity contribution >= 4 is 32.6 Å². The summed E-state index contributed by atoms with van der Waals surface area (Å²) in [6.45, 7) is 1.51. The van der Waals surface area contributed by atoms with Crippen LogP contribution in [0.4, 0.5) is 26.3 Å². The third-order valence-corrected chi connectivity index (χ3v) is 5.19. The summed E-state index contributed by atoms with van der Waals surface area (Å²) in [4.78, 5) is 21.6. The second kappa shape index (κ2) is 6.71. The zero-order valence-corrected chi connectivity index (χ0v) is 12.7. The van der Waals surface area contributed by atoms with E-state index in [1.165, 1.54) is 25.1 Å². The first-order chi connectivity index (χ1) is 9.91. The predicted molar refractivity (Wildman–Crippen MR) is 68.2 cm³/mol. The molecule has 1 aromatic carbocycles. The van der Waals surface area contributed by atoms with Crippen LogP contribution in [-0.2, 0) is 15.7 Å². The van der Waals surface area contributed by atoms with Crippen molar-refractivity contribution in [3.63, 3.8) is 0 Å². The molecule has 22 heavy (non-hydrogen) atoms. The average Bonchev–Trinajstić information content (AvgIpc) is 2.35. The van der Waals surface area contributed by atoms with E-state index in [2.05, 4.69) is 6.13 Å². The number of halogens is 7. The number of rotatable bonds is 3. The fourth-order valence-electron chi connectivity index (χ4n) is 1.02. The molecule has 1 aromatic rings. The van der Waals surface area contributed by atoms with Gasteiger partial charge in [-0.25, -0.2) is 0 Å². The van der Waals surface area contributed by atoms with Crippen molar-refractivity contribution in [3.05, 3.63) is 33.4 Å².